The van der Waals surface area contributed by atoms with E-state index in [0.29, 0.717) is 11.6 Å². The van der Waals surface area contributed by atoms with Crippen LogP contribution >= 0.6 is 0 Å². The fraction of sp³-hybridized carbons (Fsp3) is 0.214. The van der Waals surface area contributed by atoms with E-state index in [9.17, 15) is 5.11 Å². The molecule has 1 unspecified atom stereocenters. The van der Waals surface area contributed by atoms with Gasteiger partial charge in [-0.1, -0.05) is 30.3 Å². The zero-order chi connectivity index (χ0) is 12.3. The lowest BCUT2D eigenvalue weighted by Crippen LogP contribution is -2.04. The number of aryl methyl sites for hydroxylation is 1. The lowest BCUT2D eigenvalue weighted by Gasteiger charge is -2.13. The number of aromatic nitrogens is 1. The highest BCUT2D eigenvalue weighted by Gasteiger charge is 2.14. The number of ether oxygens (including phenoxy) is 1. The number of pyridine rings is 1. The minimum Gasteiger partial charge on any atom is -0.481 e. The van der Waals surface area contributed by atoms with E-state index in [4.69, 9.17) is 4.74 Å². The maximum atomic E-state index is 10.3. The zero-order valence-corrected chi connectivity index (χ0v) is 9.92. The molecule has 1 heterocycles. The molecule has 0 aliphatic carbocycles. The number of aliphatic hydroxyl groups is 1. The molecule has 17 heavy (non-hydrogen) atoms. The van der Waals surface area contributed by atoms with Crippen molar-refractivity contribution in [3.8, 4) is 5.88 Å². The summed E-state index contributed by atoms with van der Waals surface area (Å²) in [6.45, 7) is 1.97. The normalized spacial score (nSPS) is 12.2. The van der Waals surface area contributed by atoms with Crippen LogP contribution in [0.1, 0.15) is 22.9 Å². The molecule has 0 spiro atoms. The van der Waals surface area contributed by atoms with Crippen molar-refractivity contribution >= 4 is 0 Å². The predicted octanol–water partition coefficient (Wildman–Crippen LogP) is 2.48. The highest BCUT2D eigenvalue weighted by molar-refractivity contribution is 5.33. The Morgan fingerprint density at radius 3 is 2.59 bits per heavy atom. The molecule has 1 aromatic heterocycles. The maximum absolute atomic E-state index is 10.3. The van der Waals surface area contributed by atoms with Crippen molar-refractivity contribution in [1.29, 1.82) is 0 Å². The van der Waals surface area contributed by atoms with Crippen LogP contribution in [0, 0.1) is 6.92 Å². The van der Waals surface area contributed by atoms with Crippen LogP contribution < -0.4 is 4.74 Å². The van der Waals surface area contributed by atoms with Crippen LogP contribution in [0.5, 0.6) is 5.88 Å². The molecule has 0 radical (unpaired) electrons. The number of nitrogens with zero attached hydrogens (tertiary/aromatic N) is 1. The average molecular weight is 229 g/mol. The largest absolute Gasteiger partial charge is 0.481 e. The molecule has 0 aliphatic heterocycles. The van der Waals surface area contributed by atoms with Crippen LogP contribution in [0.4, 0.5) is 0 Å². The average Bonchev–Trinajstić information content (AvgIpc) is 2.38. The van der Waals surface area contributed by atoms with Gasteiger partial charge in [-0.05, 0) is 24.1 Å². The van der Waals surface area contributed by atoms with Crippen molar-refractivity contribution in [2.24, 2.45) is 0 Å². The second-order valence-electron chi connectivity index (χ2n) is 3.86. The van der Waals surface area contributed by atoms with Gasteiger partial charge in [-0.3, -0.25) is 0 Å². The molecule has 0 saturated carbocycles. The molecule has 3 nitrogen and oxygen atoms in total. The summed E-state index contributed by atoms with van der Waals surface area (Å²) >= 11 is 0. The minimum absolute atomic E-state index is 0.509. The number of methoxy groups -OCH3 is 1. The van der Waals surface area contributed by atoms with Gasteiger partial charge in [0, 0.05) is 6.07 Å². The number of benzene rings is 1. The smallest absolute Gasteiger partial charge is 0.213 e. The van der Waals surface area contributed by atoms with Crippen LogP contribution in [0.2, 0.25) is 0 Å². The third-order valence-electron chi connectivity index (χ3n) is 2.72. The summed E-state index contributed by atoms with van der Waals surface area (Å²) in [6.07, 6.45) is -0.716. The van der Waals surface area contributed by atoms with Crippen molar-refractivity contribution in [3.05, 3.63) is 59.3 Å². The first-order valence-electron chi connectivity index (χ1n) is 5.47. The summed E-state index contributed by atoms with van der Waals surface area (Å²) in [7, 11) is 1.56. The van der Waals surface area contributed by atoms with Gasteiger partial charge in [0.05, 0.1) is 12.8 Å². The Hall–Kier alpha value is -1.87. The summed E-state index contributed by atoms with van der Waals surface area (Å²) in [6, 6.07) is 13.1. The SMILES string of the molecule is COc1cccc(C(O)c2ccccc2C)n1. The van der Waals surface area contributed by atoms with E-state index in [1.807, 2.05) is 37.3 Å². The first-order valence-corrected chi connectivity index (χ1v) is 5.47. The van der Waals surface area contributed by atoms with Gasteiger partial charge in [-0.25, -0.2) is 4.98 Å². The van der Waals surface area contributed by atoms with Gasteiger partial charge in [0.1, 0.15) is 6.10 Å². The molecule has 2 rings (SSSR count). The summed E-state index contributed by atoms with van der Waals surface area (Å²) in [5, 5.41) is 10.3. The molecule has 88 valence electrons. The quantitative estimate of drug-likeness (QED) is 0.879. The van der Waals surface area contributed by atoms with Crippen molar-refractivity contribution in [2.75, 3.05) is 7.11 Å². The highest BCUT2D eigenvalue weighted by Crippen LogP contribution is 2.24. The Morgan fingerprint density at radius 1 is 1.12 bits per heavy atom. The fourth-order valence-electron chi connectivity index (χ4n) is 1.75. The Balaban J connectivity index is 2.37. The predicted molar refractivity (Wildman–Crippen MR) is 66.0 cm³/mol. The molecule has 0 amide bonds. The highest BCUT2D eigenvalue weighted by atomic mass is 16.5. The van der Waals surface area contributed by atoms with E-state index < -0.39 is 6.10 Å². The third-order valence-corrected chi connectivity index (χ3v) is 2.72. The first-order chi connectivity index (χ1) is 8.22. The molecule has 1 atom stereocenters. The third kappa shape index (κ3) is 2.45. The Labute approximate surface area is 101 Å². The molecule has 3 heteroatoms. The number of hydrogen-bond acceptors (Lipinski definition) is 3. The first kappa shape index (κ1) is 11.6. The zero-order valence-electron chi connectivity index (χ0n) is 9.92. The van der Waals surface area contributed by atoms with Crippen LogP contribution in [-0.2, 0) is 0 Å². The van der Waals surface area contributed by atoms with Crippen molar-refractivity contribution in [3.63, 3.8) is 0 Å². The van der Waals surface area contributed by atoms with Gasteiger partial charge in [-0.2, -0.15) is 0 Å². The van der Waals surface area contributed by atoms with Crippen molar-refractivity contribution in [1.82, 2.24) is 4.98 Å². The molecule has 0 saturated heterocycles. The summed E-state index contributed by atoms with van der Waals surface area (Å²) in [5.74, 6) is 0.509. The van der Waals surface area contributed by atoms with E-state index in [-0.39, 0.29) is 0 Å². The lowest BCUT2D eigenvalue weighted by atomic mass is 10.0. The molecule has 0 aliphatic rings. The molecule has 0 fully saturated rings. The monoisotopic (exact) mass is 229 g/mol. The topological polar surface area (TPSA) is 42.4 Å². The maximum Gasteiger partial charge on any atom is 0.213 e. The molecule has 1 N–H and O–H groups in total. The lowest BCUT2D eigenvalue weighted by molar-refractivity contribution is 0.213. The van der Waals surface area contributed by atoms with E-state index in [2.05, 4.69) is 4.98 Å². The Morgan fingerprint density at radius 2 is 1.88 bits per heavy atom. The van der Waals surface area contributed by atoms with Crippen LogP contribution in [0.25, 0.3) is 0 Å². The van der Waals surface area contributed by atoms with Crippen molar-refractivity contribution in [2.45, 2.75) is 13.0 Å². The van der Waals surface area contributed by atoms with E-state index in [0.717, 1.165) is 11.1 Å². The fourth-order valence-corrected chi connectivity index (χ4v) is 1.75. The number of rotatable bonds is 3. The van der Waals surface area contributed by atoms with E-state index in [1.54, 1.807) is 19.2 Å². The van der Waals surface area contributed by atoms with Gasteiger partial charge >= 0.3 is 0 Å². The second-order valence-corrected chi connectivity index (χ2v) is 3.86. The van der Waals surface area contributed by atoms with Crippen LogP contribution in [-0.4, -0.2) is 17.2 Å². The Bertz CT molecular complexity index is 511. The summed E-state index contributed by atoms with van der Waals surface area (Å²) in [4.78, 5) is 4.24. The Kier molecular flexibility index (Phi) is 3.40. The van der Waals surface area contributed by atoms with Gasteiger partial charge in [0.25, 0.3) is 0 Å². The number of hydrogen-bond donors (Lipinski definition) is 1. The minimum atomic E-state index is -0.716. The van der Waals surface area contributed by atoms with Gasteiger partial charge < -0.3 is 9.84 Å². The number of aliphatic hydroxyl groups excluding tert-OH is 1. The van der Waals surface area contributed by atoms with Crippen molar-refractivity contribution < 1.29 is 9.84 Å². The molecular formula is C14H15NO2. The van der Waals surface area contributed by atoms with E-state index >= 15 is 0 Å². The van der Waals surface area contributed by atoms with Crippen LogP contribution in [0.3, 0.4) is 0 Å². The molecule has 1 aromatic carbocycles. The van der Waals surface area contributed by atoms with Gasteiger partial charge in [0.2, 0.25) is 5.88 Å². The van der Waals surface area contributed by atoms with Crippen LogP contribution in [0.15, 0.2) is 42.5 Å². The standard InChI is InChI=1S/C14H15NO2/c1-10-6-3-4-7-11(10)14(16)12-8-5-9-13(15-12)17-2/h3-9,14,16H,1-2H3. The van der Waals surface area contributed by atoms with Gasteiger partial charge in [0.15, 0.2) is 0 Å². The summed E-state index contributed by atoms with van der Waals surface area (Å²) in [5.41, 5.74) is 2.51. The molecular weight excluding hydrogens is 214 g/mol. The van der Waals surface area contributed by atoms with Gasteiger partial charge in [-0.15, -0.1) is 0 Å². The summed E-state index contributed by atoms with van der Waals surface area (Å²) < 4.78 is 5.05. The molecule has 0 bridgehead atoms. The molecule has 2 aromatic rings. The van der Waals surface area contributed by atoms with E-state index in [1.165, 1.54) is 0 Å². The second kappa shape index (κ2) is 4.97.